The summed E-state index contributed by atoms with van der Waals surface area (Å²) >= 11 is 1.71. The molecule has 3 rings (SSSR count). The van der Waals surface area contributed by atoms with Crippen LogP contribution in [0.15, 0.2) is 30.2 Å². The van der Waals surface area contributed by atoms with E-state index in [1.54, 1.807) is 23.9 Å². The number of aromatic nitrogens is 3. The van der Waals surface area contributed by atoms with E-state index in [4.69, 9.17) is 4.74 Å². The van der Waals surface area contributed by atoms with E-state index in [2.05, 4.69) is 19.9 Å². The van der Waals surface area contributed by atoms with Crippen LogP contribution in [0.5, 0.6) is 0 Å². The third kappa shape index (κ3) is 3.82. The van der Waals surface area contributed by atoms with E-state index in [0.717, 1.165) is 45.0 Å². The summed E-state index contributed by atoms with van der Waals surface area (Å²) < 4.78 is 5.73. The molecule has 1 aliphatic rings. The number of rotatable bonds is 4. The largest absolute Gasteiger partial charge is 0.380 e. The molecule has 0 radical (unpaired) electrons. The van der Waals surface area contributed by atoms with Crippen LogP contribution >= 0.6 is 11.3 Å². The van der Waals surface area contributed by atoms with E-state index in [1.807, 2.05) is 17.6 Å². The highest BCUT2D eigenvalue weighted by Gasteiger charge is 2.20. The van der Waals surface area contributed by atoms with Gasteiger partial charge in [0.25, 0.3) is 0 Å². The second-order valence-electron chi connectivity index (χ2n) is 5.01. The molecule has 0 saturated carbocycles. The zero-order valence-electron chi connectivity index (χ0n) is 11.3. The average molecular weight is 290 g/mol. The van der Waals surface area contributed by atoms with Gasteiger partial charge in [-0.2, -0.15) is 0 Å². The summed E-state index contributed by atoms with van der Waals surface area (Å²) in [7, 11) is 0. The highest BCUT2D eigenvalue weighted by Crippen LogP contribution is 2.15. The maximum Gasteiger partial charge on any atom is 0.115 e. The van der Waals surface area contributed by atoms with Crippen molar-refractivity contribution in [2.75, 3.05) is 26.3 Å². The van der Waals surface area contributed by atoms with Crippen molar-refractivity contribution in [2.24, 2.45) is 5.92 Å². The van der Waals surface area contributed by atoms with Crippen molar-refractivity contribution in [3.63, 3.8) is 0 Å². The molecular weight excluding hydrogens is 272 g/mol. The van der Waals surface area contributed by atoms with Crippen molar-refractivity contribution in [2.45, 2.75) is 13.0 Å². The highest BCUT2D eigenvalue weighted by molar-refractivity contribution is 7.09. The first-order valence-electron chi connectivity index (χ1n) is 6.83. The van der Waals surface area contributed by atoms with Crippen LogP contribution in [0.1, 0.15) is 10.7 Å². The van der Waals surface area contributed by atoms with E-state index >= 15 is 0 Å². The Morgan fingerprint density at radius 2 is 2.35 bits per heavy atom. The second-order valence-corrected chi connectivity index (χ2v) is 5.99. The molecule has 20 heavy (non-hydrogen) atoms. The van der Waals surface area contributed by atoms with Crippen molar-refractivity contribution in [1.82, 2.24) is 19.9 Å². The van der Waals surface area contributed by atoms with Gasteiger partial charge in [-0.3, -0.25) is 4.90 Å². The normalized spacial score (nSPS) is 20.7. The van der Waals surface area contributed by atoms with E-state index in [9.17, 15) is 0 Å². The van der Waals surface area contributed by atoms with Gasteiger partial charge in [0.05, 0.1) is 19.8 Å². The van der Waals surface area contributed by atoms with Crippen molar-refractivity contribution in [1.29, 1.82) is 0 Å². The molecule has 1 aliphatic heterocycles. The molecule has 0 amide bonds. The molecule has 3 heterocycles. The molecule has 0 aliphatic carbocycles. The van der Waals surface area contributed by atoms with Gasteiger partial charge < -0.3 is 4.74 Å². The molecule has 5 nitrogen and oxygen atoms in total. The van der Waals surface area contributed by atoms with E-state index < -0.39 is 0 Å². The third-order valence-electron chi connectivity index (χ3n) is 3.41. The number of thiazole rings is 1. The topological polar surface area (TPSA) is 51.1 Å². The summed E-state index contributed by atoms with van der Waals surface area (Å²) in [5, 5.41) is 3.20. The summed E-state index contributed by atoms with van der Waals surface area (Å²) in [6.45, 7) is 4.52. The lowest BCUT2D eigenvalue weighted by molar-refractivity contribution is 0.121. The zero-order valence-corrected chi connectivity index (χ0v) is 12.1. The first kappa shape index (κ1) is 13.6. The van der Waals surface area contributed by atoms with Crippen molar-refractivity contribution < 1.29 is 4.74 Å². The van der Waals surface area contributed by atoms with Crippen LogP contribution < -0.4 is 0 Å². The lowest BCUT2D eigenvalue weighted by Gasteiger charge is -2.22. The summed E-state index contributed by atoms with van der Waals surface area (Å²) in [4.78, 5) is 15.1. The van der Waals surface area contributed by atoms with Crippen LogP contribution in [0, 0.1) is 5.92 Å². The van der Waals surface area contributed by atoms with Gasteiger partial charge in [0.2, 0.25) is 0 Å². The predicted molar refractivity (Wildman–Crippen MR) is 77.4 cm³/mol. The molecule has 0 N–H and O–H groups in total. The summed E-state index contributed by atoms with van der Waals surface area (Å²) in [6.07, 6.45) is 6.22. The van der Waals surface area contributed by atoms with Gasteiger partial charge in [-0.25, -0.2) is 15.0 Å². The van der Waals surface area contributed by atoms with Gasteiger partial charge >= 0.3 is 0 Å². The Hall–Kier alpha value is -1.37. The number of nitrogens with zero attached hydrogens (tertiary/aromatic N) is 4. The fourth-order valence-electron chi connectivity index (χ4n) is 2.48. The van der Waals surface area contributed by atoms with E-state index in [1.165, 1.54) is 5.01 Å². The fraction of sp³-hybridized carbons (Fsp3) is 0.500. The first-order valence-corrected chi connectivity index (χ1v) is 7.71. The van der Waals surface area contributed by atoms with Gasteiger partial charge in [-0.1, -0.05) is 0 Å². The molecule has 6 heteroatoms. The Morgan fingerprint density at radius 1 is 1.35 bits per heavy atom. The molecule has 106 valence electrons. The minimum atomic E-state index is 0.479. The molecule has 2 aromatic heterocycles. The molecule has 0 unspecified atom stereocenters. The minimum absolute atomic E-state index is 0.479. The van der Waals surface area contributed by atoms with E-state index in [-0.39, 0.29) is 0 Å². The van der Waals surface area contributed by atoms with Crippen LogP contribution in [0.2, 0.25) is 0 Å². The van der Waals surface area contributed by atoms with E-state index in [0.29, 0.717) is 5.92 Å². The molecule has 0 bridgehead atoms. The second kappa shape index (κ2) is 6.88. The Kier molecular flexibility index (Phi) is 4.68. The van der Waals surface area contributed by atoms with Gasteiger partial charge in [-0.15, -0.1) is 11.3 Å². The summed E-state index contributed by atoms with van der Waals surface area (Å²) in [6, 6.07) is 1.98. The number of ether oxygens (including phenoxy) is 1. The number of hydrogen-bond donors (Lipinski definition) is 0. The zero-order chi connectivity index (χ0) is 13.6. The molecular formula is C14H18N4OS. The fourth-order valence-corrected chi connectivity index (χ4v) is 3.13. The molecule has 1 fully saturated rings. The highest BCUT2D eigenvalue weighted by atomic mass is 32.1. The van der Waals surface area contributed by atoms with Crippen molar-refractivity contribution >= 4 is 11.3 Å². The van der Waals surface area contributed by atoms with Crippen molar-refractivity contribution in [3.05, 3.63) is 40.9 Å². The Balaban J connectivity index is 1.60. The molecule has 2 aromatic rings. The Morgan fingerprint density at radius 3 is 3.15 bits per heavy atom. The van der Waals surface area contributed by atoms with Gasteiger partial charge in [0.1, 0.15) is 11.3 Å². The van der Waals surface area contributed by atoms with Crippen molar-refractivity contribution in [3.8, 4) is 0 Å². The van der Waals surface area contributed by atoms with Crippen LogP contribution in [0.3, 0.4) is 0 Å². The number of hydrogen-bond acceptors (Lipinski definition) is 6. The standard InChI is InChI=1S/C14H18N4OS/c1-2-15-11-17-13(1)7-12-8-18(4-5-19-10-12)9-14-16-3-6-20-14/h1-3,6,11-12H,4-5,7-10H2/t12-/m1/s1. The quantitative estimate of drug-likeness (QED) is 0.856. The smallest absolute Gasteiger partial charge is 0.115 e. The van der Waals surface area contributed by atoms with Gasteiger partial charge in [0, 0.05) is 42.5 Å². The predicted octanol–water partition coefficient (Wildman–Crippen LogP) is 1.62. The van der Waals surface area contributed by atoms with Crippen LogP contribution in [0.25, 0.3) is 0 Å². The van der Waals surface area contributed by atoms with Crippen LogP contribution in [-0.2, 0) is 17.7 Å². The molecule has 1 atom stereocenters. The van der Waals surface area contributed by atoms with Crippen LogP contribution in [-0.4, -0.2) is 46.2 Å². The van der Waals surface area contributed by atoms with Gasteiger partial charge in [0.15, 0.2) is 0 Å². The Labute approximate surface area is 122 Å². The molecule has 0 aromatic carbocycles. The summed E-state index contributed by atoms with van der Waals surface area (Å²) in [5.41, 5.74) is 1.09. The third-order valence-corrected chi connectivity index (χ3v) is 4.17. The van der Waals surface area contributed by atoms with Crippen LogP contribution in [0.4, 0.5) is 0 Å². The monoisotopic (exact) mass is 290 g/mol. The maximum atomic E-state index is 5.73. The molecule has 1 saturated heterocycles. The SMILES string of the molecule is c1cc(C[C@H]2COCCN(Cc3nccs3)C2)ncn1. The summed E-state index contributed by atoms with van der Waals surface area (Å²) in [5.74, 6) is 0.479. The first-order chi connectivity index (χ1) is 9.90. The average Bonchev–Trinajstić information content (AvgIpc) is 2.87. The van der Waals surface area contributed by atoms with Gasteiger partial charge in [-0.05, 0) is 12.5 Å². The maximum absolute atomic E-state index is 5.73. The molecule has 0 spiro atoms. The lowest BCUT2D eigenvalue weighted by atomic mass is 10.0. The Bertz CT molecular complexity index is 505. The minimum Gasteiger partial charge on any atom is -0.380 e. The lowest BCUT2D eigenvalue weighted by Crippen LogP contribution is -2.30.